The fraction of sp³-hybridized carbons (Fsp3) is 0.556. The Morgan fingerprint density at radius 3 is 2.71 bits per heavy atom. The second kappa shape index (κ2) is 4.46. The highest BCUT2D eigenvalue weighted by Crippen LogP contribution is 2.22. The molecule has 1 rings (SSSR count). The van der Waals surface area contributed by atoms with Gasteiger partial charge in [-0.25, -0.2) is 4.98 Å². The van der Waals surface area contributed by atoms with Crippen LogP contribution in [0.3, 0.4) is 0 Å². The maximum absolute atomic E-state index is 5.78. The Labute approximate surface area is 89.1 Å². The van der Waals surface area contributed by atoms with Crippen LogP contribution in [0.25, 0.3) is 0 Å². The molecule has 0 aliphatic rings. The molecule has 0 saturated carbocycles. The van der Waals surface area contributed by atoms with Crippen LogP contribution in [0.2, 0.25) is 5.28 Å². The average Bonchev–Trinajstić information content (AvgIpc) is 2.11. The number of hydrogen-bond acceptors (Lipinski definition) is 4. The zero-order valence-electron chi connectivity index (χ0n) is 8.66. The third-order valence-electron chi connectivity index (χ3n) is 2.00. The summed E-state index contributed by atoms with van der Waals surface area (Å²) in [5, 5.41) is 0.230. The number of aromatic nitrogens is 2. The van der Waals surface area contributed by atoms with Gasteiger partial charge in [-0.3, -0.25) is 0 Å². The summed E-state index contributed by atoms with van der Waals surface area (Å²) in [6, 6.07) is 0.341. The van der Waals surface area contributed by atoms with Crippen LogP contribution in [-0.4, -0.2) is 22.6 Å². The monoisotopic (exact) mass is 214 g/mol. The summed E-state index contributed by atoms with van der Waals surface area (Å²) in [5.41, 5.74) is 6.34. The molecular formula is C9H15ClN4. The lowest BCUT2D eigenvalue weighted by Crippen LogP contribution is -2.32. The molecule has 0 amide bonds. The van der Waals surface area contributed by atoms with Gasteiger partial charge in [-0.2, -0.15) is 4.98 Å². The lowest BCUT2D eigenvalue weighted by atomic mass is 10.3. The topological polar surface area (TPSA) is 55.0 Å². The van der Waals surface area contributed by atoms with Gasteiger partial charge in [-0.05, 0) is 32.4 Å². The van der Waals surface area contributed by atoms with Crippen molar-refractivity contribution in [2.45, 2.75) is 26.8 Å². The Bertz CT molecular complexity index is 314. The van der Waals surface area contributed by atoms with E-state index in [-0.39, 0.29) is 5.28 Å². The molecular weight excluding hydrogens is 200 g/mol. The van der Waals surface area contributed by atoms with Crippen molar-refractivity contribution in [2.24, 2.45) is 0 Å². The third-order valence-corrected chi connectivity index (χ3v) is 2.18. The van der Waals surface area contributed by atoms with Crippen molar-refractivity contribution >= 4 is 23.1 Å². The van der Waals surface area contributed by atoms with Crippen molar-refractivity contribution in [1.82, 2.24) is 9.97 Å². The van der Waals surface area contributed by atoms with E-state index in [2.05, 4.69) is 35.6 Å². The standard InChI is InChI=1S/C9H15ClN4/c1-4-14(6(2)3)8-7(11)5-12-9(10)13-8/h5-6H,4,11H2,1-3H3. The molecule has 78 valence electrons. The maximum atomic E-state index is 5.78. The first-order chi connectivity index (χ1) is 6.56. The van der Waals surface area contributed by atoms with Crippen molar-refractivity contribution in [1.29, 1.82) is 0 Å². The molecule has 0 saturated heterocycles. The molecule has 0 aromatic carbocycles. The van der Waals surface area contributed by atoms with Gasteiger partial charge in [-0.1, -0.05) is 0 Å². The summed E-state index contributed by atoms with van der Waals surface area (Å²) in [7, 11) is 0. The van der Waals surface area contributed by atoms with Gasteiger partial charge in [0.05, 0.1) is 11.9 Å². The van der Waals surface area contributed by atoms with E-state index < -0.39 is 0 Å². The van der Waals surface area contributed by atoms with Crippen molar-refractivity contribution < 1.29 is 0 Å². The molecule has 0 fully saturated rings. The van der Waals surface area contributed by atoms with E-state index in [4.69, 9.17) is 17.3 Å². The van der Waals surface area contributed by atoms with Crippen LogP contribution in [0, 0.1) is 0 Å². The molecule has 5 heteroatoms. The Morgan fingerprint density at radius 2 is 2.21 bits per heavy atom. The maximum Gasteiger partial charge on any atom is 0.224 e. The minimum atomic E-state index is 0.230. The Morgan fingerprint density at radius 1 is 1.57 bits per heavy atom. The van der Waals surface area contributed by atoms with E-state index in [1.54, 1.807) is 0 Å². The molecule has 1 heterocycles. The zero-order valence-corrected chi connectivity index (χ0v) is 9.41. The van der Waals surface area contributed by atoms with Gasteiger partial charge in [0.15, 0.2) is 5.82 Å². The summed E-state index contributed by atoms with van der Waals surface area (Å²) < 4.78 is 0. The first kappa shape index (κ1) is 11.0. The van der Waals surface area contributed by atoms with E-state index in [0.29, 0.717) is 17.5 Å². The fourth-order valence-corrected chi connectivity index (χ4v) is 1.48. The zero-order chi connectivity index (χ0) is 10.7. The first-order valence-corrected chi connectivity index (χ1v) is 4.98. The van der Waals surface area contributed by atoms with Crippen molar-refractivity contribution in [3.05, 3.63) is 11.5 Å². The van der Waals surface area contributed by atoms with Gasteiger partial charge >= 0.3 is 0 Å². The van der Waals surface area contributed by atoms with Crippen LogP contribution in [0.4, 0.5) is 11.5 Å². The smallest absolute Gasteiger partial charge is 0.224 e. The van der Waals surface area contributed by atoms with Crippen molar-refractivity contribution in [3.8, 4) is 0 Å². The number of nitrogen functional groups attached to an aromatic ring is 1. The van der Waals surface area contributed by atoms with E-state index in [1.807, 2.05) is 0 Å². The van der Waals surface area contributed by atoms with E-state index in [0.717, 1.165) is 6.54 Å². The lowest BCUT2D eigenvalue weighted by Gasteiger charge is -2.27. The van der Waals surface area contributed by atoms with Crippen LogP contribution in [0.15, 0.2) is 6.20 Å². The average molecular weight is 215 g/mol. The molecule has 1 aromatic rings. The van der Waals surface area contributed by atoms with Crippen LogP contribution in [0.1, 0.15) is 20.8 Å². The van der Waals surface area contributed by atoms with Gasteiger partial charge < -0.3 is 10.6 Å². The SMILES string of the molecule is CCN(c1nc(Cl)ncc1N)C(C)C. The summed E-state index contributed by atoms with van der Waals surface area (Å²) in [4.78, 5) is 10.0. The van der Waals surface area contributed by atoms with Crippen molar-refractivity contribution in [3.63, 3.8) is 0 Å². The third kappa shape index (κ3) is 2.26. The van der Waals surface area contributed by atoms with Gasteiger partial charge in [-0.15, -0.1) is 0 Å². The Balaban J connectivity index is 3.08. The molecule has 0 radical (unpaired) electrons. The lowest BCUT2D eigenvalue weighted by molar-refractivity contribution is 0.693. The number of nitrogens with zero attached hydrogens (tertiary/aromatic N) is 3. The van der Waals surface area contributed by atoms with E-state index in [9.17, 15) is 0 Å². The largest absolute Gasteiger partial charge is 0.394 e. The molecule has 2 N–H and O–H groups in total. The van der Waals surface area contributed by atoms with Crippen LogP contribution in [-0.2, 0) is 0 Å². The summed E-state index contributed by atoms with van der Waals surface area (Å²) in [5.74, 6) is 0.711. The van der Waals surface area contributed by atoms with Crippen molar-refractivity contribution in [2.75, 3.05) is 17.2 Å². The molecule has 14 heavy (non-hydrogen) atoms. The molecule has 4 nitrogen and oxygen atoms in total. The second-order valence-corrected chi connectivity index (χ2v) is 3.64. The highest BCUT2D eigenvalue weighted by Gasteiger charge is 2.13. The molecule has 0 bridgehead atoms. The molecule has 0 aliphatic carbocycles. The minimum Gasteiger partial charge on any atom is -0.394 e. The fourth-order valence-electron chi connectivity index (χ4n) is 1.35. The summed E-state index contributed by atoms with van der Waals surface area (Å²) in [6.07, 6.45) is 1.54. The Kier molecular flexibility index (Phi) is 3.52. The van der Waals surface area contributed by atoms with Crippen LogP contribution < -0.4 is 10.6 Å². The van der Waals surface area contributed by atoms with E-state index >= 15 is 0 Å². The number of halogens is 1. The molecule has 0 atom stereocenters. The predicted molar refractivity (Wildman–Crippen MR) is 59.6 cm³/mol. The van der Waals surface area contributed by atoms with Crippen LogP contribution >= 0.6 is 11.6 Å². The number of hydrogen-bond donors (Lipinski definition) is 1. The highest BCUT2D eigenvalue weighted by atomic mass is 35.5. The van der Waals surface area contributed by atoms with Gasteiger partial charge in [0.1, 0.15) is 0 Å². The second-order valence-electron chi connectivity index (χ2n) is 3.30. The van der Waals surface area contributed by atoms with Gasteiger partial charge in [0.2, 0.25) is 5.28 Å². The normalized spacial score (nSPS) is 10.6. The molecule has 0 spiro atoms. The van der Waals surface area contributed by atoms with Gasteiger partial charge in [0, 0.05) is 12.6 Å². The number of anilines is 2. The van der Waals surface area contributed by atoms with E-state index in [1.165, 1.54) is 6.20 Å². The molecule has 1 aromatic heterocycles. The quantitative estimate of drug-likeness (QED) is 0.782. The minimum absolute atomic E-state index is 0.230. The number of nitrogens with two attached hydrogens (primary N) is 1. The molecule has 0 aliphatic heterocycles. The summed E-state index contributed by atoms with van der Waals surface area (Å²) >= 11 is 5.72. The number of rotatable bonds is 3. The predicted octanol–water partition coefficient (Wildman–Crippen LogP) is 1.95. The first-order valence-electron chi connectivity index (χ1n) is 4.61. The van der Waals surface area contributed by atoms with Crippen LogP contribution in [0.5, 0.6) is 0 Å². The Hall–Kier alpha value is -1.03. The molecule has 0 unspecified atom stereocenters. The van der Waals surface area contributed by atoms with Gasteiger partial charge in [0.25, 0.3) is 0 Å². The summed E-state index contributed by atoms with van der Waals surface area (Å²) in [6.45, 7) is 7.06. The highest BCUT2D eigenvalue weighted by molar-refractivity contribution is 6.28.